The molecule has 23 heavy (non-hydrogen) atoms. The fourth-order valence-electron chi connectivity index (χ4n) is 3.61. The van der Waals surface area contributed by atoms with Gasteiger partial charge in [0, 0.05) is 25.2 Å². The number of sulfonamides is 1. The first-order valence-corrected chi connectivity index (χ1v) is 9.10. The molecule has 2 fully saturated rings. The topological polar surface area (TPSA) is 73.2 Å². The first-order chi connectivity index (χ1) is 10.4. The minimum absolute atomic E-state index is 0. The average molecular weight is 356 g/mol. The summed E-state index contributed by atoms with van der Waals surface area (Å²) in [4.78, 5) is 0.275. The molecule has 2 bridgehead atoms. The number of aryl methyl sites for hydroxylation is 1. The van der Waals surface area contributed by atoms with Crippen LogP contribution in [0.15, 0.2) is 23.1 Å². The van der Waals surface area contributed by atoms with Gasteiger partial charge < -0.3 is 5.32 Å². The summed E-state index contributed by atoms with van der Waals surface area (Å²) in [5.74, 6) is 0. The second kappa shape index (κ2) is 6.78. The number of hydrogen-bond donors (Lipinski definition) is 1. The van der Waals surface area contributed by atoms with Crippen LogP contribution >= 0.6 is 12.4 Å². The number of nitrogens with zero attached hydrogens (tertiary/aromatic N) is 2. The highest BCUT2D eigenvalue weighted by Crippen LogP contribution is 2.31. The quantitative estimate of drug-likeness (QED) is 0.902. The molecule has 3 rings (SSSR count). The summed E-state index contributed by atoms with van der Waals surface area (Å²) in [6.07, 6.45) is 4.04. The normalized spacial score (nSPS) is 26.6. The summed E-state index contributed by atoms with van der Waals surface area (Å²) >= 11 is 0. The van der Waals surface area contributed by atoms with Crippen LogP contribution in [0.25, 0.3) is 0 Å². The van der Waals surface area contributed by atoms with E-state index in [0.29, 0.717) is 23.2 Å². The molecule has 2 unspecified atom stereocenters. The van der Waals surface area contributed by atoms with Gasteiger partial charge in [-0.25, -0.2) is 8.42 Å². The zero-order valence-electron chi connectivity index (χ0n) is 13.3. The highest BCUT2D eigenvalue weighted by molar-refractivity contribution is 7.89. The molecule has 2 aliphatic rings. The Labute approximate surface area is 144 Å². The van der Waals surface area contributed by atoms with Crippen molar-refractivity contribution >= 4 is 22.4 Å². The van der Waals surface area contributed by atoms with Gasteiger partial charge in [-0.05, 0) is 56.4 Å². The minimum atomic E-state index is -3.51. The predicted molar refractivity (Wildman–Crippen MR) is 91.1 cm³/mol. The molecular formula is C16H22ClN3O2S. The molecule has 2 heterocycles. The van der Waals surface area contributed by atoms with Crippen molar-refractivity contribution in [1.29, 1.82) is 5.26 Å². The number of fused-ring (bicyclic) bond motifs is 2. The van der Waals surface area contributed by atoms with Crippen molar-refractivity contribution in [2.24, 2.45) is 0 Å². The molecular weight excluding hydrogens is 334 g/mol. The van der Waals surface area contributed by atoms with Gasteiger partial charge in [0.2, 0.25) is 10.0 Å². The third-order valence-corrected chi connectivity index (χ3v) is 6.86. The third-order valence-electron chi connectivity index (χ3n) is 4.96. The van der Waals surface area contributed by atoms with Gasteiger partial charge in [0.1, 0.15) is 0 Å². The molecule has 0 amide bonds. The fourth-order valence-corrected chi connectivity index (χ4v) is 5.07. The van der Waals surface area contributed by atoms with Crippen molar-refractivity contribution in [2.45, 2.75) is 55.6 Å². The molecule has 0 aliphatic carbocycles. The van der Waals surface area contributed by atoms with Crippen LogP contribution in [0.3, 0.4) is 0 Å². The molecule has 7 heteroatoms. The molecule has 126 valence electrons. The second-order valence-corrected chi connectivity index (χ2v) is 8.37. The van der Waals surface area contributed by atoms with E-state index in [-0.39, 0.29) is 23.3 Å². The monoisotopic (exact) mass is 355 g/mol. The Morgan fingerprint density at radius 3 is 2.39 bits per heavy atom. The summed E-state index contributed by atoms with van der Waals surface area (Å²) in [5.41, 5.74) is 1.21. The second-order valence-electron chi connectivity index (χ2n) is 6.37. The molecule has 1 aromatic carbocycles. The maximum Gasteiger partial charge on any atom is 0.243 e. The molecule has 0 spiro atoms. The summed E-state index contributed by atoms with van der Waals surface area (Å²) in [6.45, 7) is 1.77. The van der Waals surface area contributed by atoms with E-state index in [0.717, 1.165) is 25.7 Å². The number of piperidine rings is 1. The van der Waals surface area contributed by atoms with Gasteiger partial charge in [-0.3, -0.25) is 0 Å². The Morgan fingerprint density at radius 2 is 1.87 bits per heavy atom. The van der Waals surface area contributed by atoms with E-state index in [9.17, 15) is 8.42 Å². The van der Waals surface area contributed by atoms with Crippen molar-refractivity contribution in [3.8, 4) is 6.07 Å². The van der Waals surface area contributed by atoms with Crippen LogP contribution in [-0.4, -0.2) is 37.9 Å². The Hall–Kier alpha value is -1.13. The lowest BCUT2D eigenvalue weighted by Crippen LogP contribution is -2.48. The van der Waals surface area contributed by atoms with E-state index >= 15 is 0 Å². The van der Waals surface area contributed by atoms with Crippen molar-refractivity contribution in [2.75, 3.05) is 7.05 Å². The first-order valence-electron chi connectivity index (χ1n) is 7.66. The maximum absolute atomic E-state index is 12.8. The van der Waals surface area contributed by atoms with Gasteiger partial charge in [-0.15, -0.1) is 12.4 Å². The largest absolute Gasteiger partial charge is 0.311 e. The van der Waals surface area contributed by atoms with Crippen LogP contribution < -0.4 is 5.32 Å². The Bertz CT molecular complexity index is 717. The van der Waals surface area contributed by atoms with E-state index in [2.05, 4.69) is 11.4 Å². The van der Waals surface area contributed by atoms with E-state index in [1.807, 2.05) is 0 Å². The lowest BCUT2D eigenvalue weighted by molar-refractivity contribution is 0.251. The van der Waals surface area contributed by atoms with E-state index in [4.69, 9.17) is 5.26 Å². The standard InChI is InChI=1S/C16H21N3O2S.ClH/c1-11-7-16(6-3-12(11)10-17)22(20,21)19(2)15-8-13-4-5-14(9-15)18-13;/h3,6-7,13-15,18H,4-5,8-9H2,1-2H3;1H. The number of benzene rings is 1. The summed E-state index contributed by atoms with van der Waals surface area (Å²) in [6, 6.07) is 7.74. The van der Waals surface area contributed by atoms with Gasteiger partial charge in [0.05, 0.1) is 16.5 Å². The molecule has 0 radical (unpaired) electrons. The van der Waals surface area contributed by atoms with Crippen molar-refractivity contribution in [3.63, 3.8) is 0 Å². The molecule has 1 N–H and O–H groups in total. The zero-order valence-corrected chi connectivity index (χ0v) is 15.0. The third kappa shape index (κ3) is 3.38. The van der Waals surface area contributed by atoms with E-state index in [1.165, 1.54) is 10.4 Å². The van der Waals surface area contributed by atoms with Crippen LogP contribution in [0.5, 0.6) is 0 Å². The Balaban J connectivity index is 0.00000192. The molecule has 2 aliphatic heterocycles. The molecule has 0 aromatic heterocycles. The van der Waals surface area contributed by atoms with Crippen LogP contribution in [0.1, 0.15) is 36.8 Å². The number of rotatable bonds is 3. The van der Waals surface area contributed by atoms with Gasteiger partial charge in [-0.1, -0.05) is 0 Å². The first kappa shape index (κ1) is 18.2. The Morgan fingerprint density at radius 1 is 1.26 bits per heavy atom. The lowest BCUT2D eigenvalue weighted by atomic mass is 10.0. The molecule has 2 saturated heterocycles. The molecule has 1 aromatic rings. The average Bonchev–Trinajstić information content (AvgIpc) is 2.84. The van der Waals surface area contributed by atoms with Crippen LogP contribution in [-0.2, 0) is 10.0 Å². The molecule has 5 nitrogen and oxygen atoms in total. The highest BCUT2D eigenvalue weighted by atomic mass is 35.5. The number of halogens is 1. The minimum Gasteiger partial charge on any atom is -0.311 e. The van der Waals surface area contributed by atoms with Gasteiger partial charge in [-0.2, -0.15) is 9.57 Å². The molecule has 2 atom stereocenters. The van der Waals surface area contributed by atoms with Gasteiger partial charge in [0.15, 0.2) is 0 Å². The highest BCUT2D eigenvalue weighted by Gasteiger charge is 2.38. The summed E-state index contributed by atoms with van der Waals surface area (Å²) in [7, 11) is -1.83. The Kier molecular flexibility index (Phi) is 5.37. The van der Waals surface area contributed by atoms with Crippen molar-refractivity contribution in [1.82, 2.24) is 9.62 Å². The SMILES string of the molecule is Cc1cc(S(=O)(=O)N(C)C2CC3CCC(C2)N3)ccc1C#N.Cl. The number of hydrogen-bond acceptors (Lipinski definition) is 4. The van der Waals surface area contributed by atoms with Crippen LogP contribution in [0.2, 0.25) is 0 Å². The maximum atomic E-state index is 12.8. The smallest absolute Gasteiger partial charge is 0.243 e. The summed E-state index contributed by atoms with van der Waals surface area (Å²) < 4.78 is 27.2. The van der Waals surface area contributed by atoms with Crippen molar-refractivity contribution < 1.29 is 8.42 Å². The fraction of sp³-hybridized carbons (Fsp3) is 0.562. The van der Waals surface area contributed by atoms with Gasteiger partial charge in [0.25, 0.3) is 0 Å². The zero-order chi connectivity index (χ0) is 15.9. The summed E-state index contributed by atoms with van der Waals surface area (Å²) in [5, 5.41) is 12.5. The number of nitrogens with one attached hydrogen (secondary N) is 1. The van der Waals surface area contributed by atoms with E-state index in [1.54, 1.807) is 26.1 Å². The number of nitriles is 1. The lowest BCUT2D eigenvalue weighted by Gasteiger charge is -2.34. The molecule has 0 saturated carbocycles. The van der Waals surface area contributed by atoms with E-state index < -0.39 is 10.0 Å². The van der Waals surface area contributed by atoms with Crippen LogP contribution in [0.4, 0.5) is 0 Å². The van der Waals surface area contributed by atoms with Crippen LogP contribution in [0, 0.1) is 18.3 Å². The van der Waals surface area contributed by atoms with Crippen molar-refractivity contribution in [3.05, 3.63) is 29.3 Å². The predicted octanol–water partition coefficient (Wildman–Crippen LogP) is 2.19. The van der Waals surface area contributed by atoms with Gasteiger partial charge >= 0.3 is 0 Å².